The van der Waals surface area contributed by atoms with Crippen LogP contribution in [0.2, 0.25) is 0 Å². The van der Waals surface area contributed by atoms with Crippen molar-refractivity contribution in [3.63, 3.8) is 0 Å². The number of benzene rings is 1. The fraction of sp³-hybridized carbons (Fsp3) is 0.350. The van der Waals surface area contributed by atoms with Crippen molar-refractivity contribution in [1.82, 2.24) is 25.2 Å². The highest BCUT2D eigenvalue weighted by Gasteiger charge is 2.13. The Morgan fingerprint density at radius 3 is 2.79 bits per heavy atom. The Bertz CT molecular complexity index is 959. The van der Waals surface area contributed by atoms with E-state index in [0.717, 1.165) is 30.4 Å². The van der Waals surface area contributed by atoms with Gasteiger partial charge in [0, 0.05) is 37.3 Å². The molecule has 3 rings (SSSR count). The largest absolute Gasteiger partial charge is 0.357 e. The fourth-order valence-electron chi connectivity index (χ4n) is 2.94. The summed E-state index contributed by atoms with van der Waals surface area (Å²) in [4.78, 5) is 4.55. The van der Waals surface area contributed by atoms with E-state index in [1.54, 1.807) is 0 Å². The second kappa shape index (κ2) is 11.0. The minimum Gasteiger partial charge on any atom is -0.357 e. The van der Waals surface area contributed by atoms with Crippen molar-refractivity contribution in [3.05, 3.63) is 65.6 Å². The number of aliphatic imine (C=N–C) groups is 1. The van der Waals surface area contributed by atoms with Crippen LogP contribution >= 0.6 is 24.0 Å². The van der Waals surface area contributed by atoms with Crippen LogP contribution in [-0.2, 0) is 6.42 Å². The number of rotatable bonds is 7. The number of pyridine rings is 1. The van der Waals surface area contributed by atoms with E-state index >= 15 is 0 Å². The summed E-state index contributed by atoms with van der Waals surface area (Å²) >= 11 is 0. The average Bonchev–Trinajstić information content (AvgIpc) is 3.08. The van der Waals surface area contributed by atoms with Crippen LogP contribution in [0.15, 0.2) is 47.6 Å². The first-order valence-electron chi connectivity index (χ1n) is 9.37. The zero-order chi connectivity index (χ0) is 19.9. The molecule has 2 heterocycles. The quantitative estimate of drug-likeness (QED) is 0.218. The Morgan fingerprint density at radius 2 is 2.03 bits per heavy atom. The molecule has 6 nitrogen and oxygen atoms in total. The molecule has 0 radical (unpaired) electrons. The molecule has 0 aliphatic rings. The Labute approximate surface area is 185 Å². The van der Waals surface area contributed by atoms with E-state index < -0.39 is 11.6 Å². The molecule has 0 spiro atoms. The highest BCUT2D eigenvalue weighted by molar-refractivity contribution is 14.0. The van der Waals surface area contributed by atoms with Gasteiger partial charge < -0.3 is 10.6 Å². The molecule has 9 heteroatoms. The first-order valence-corrected chi connectivity index (χ1v) is 9.37. The zero-order valence-electron chi connectivity index (χ0n) is 16.4. The Kier molecular flexibility index (Phi) is 8.74. The summed E-state index contributed by atoms with van der Waals surface area (Å²) in [5.41, 5.74) is 1.22. The number of hydrogen-bond acceptors (Lipinski definition) is 3. The summed E-state index contributed by atoms with van der Waals surface area (Å²) in [7, 11) is 0. The zero-order valence-corrected chi connectivity index (χ0v) is 18.7. The first kappa shape index (κ1) is 23.0. The van der Waals surface area contributed by atoms with E-state index in [-0.39, 0.29) is 30.0 Å². The summed E-state index contributed by atoms with van der Waals surface area (Å²) in [5.74, 6) is 0.319. The summed E-state index contributed by atoms with van der Waals surface area (Å²) in [6.45, 7) is 5.03. The molecule has 0 fully saturated rings. The third-order valence-electron chi connectivity index (χ3n) is 4.34. The van der Waals surface area contributed by atoms with E-state index in [4.69, 9.17) is 0 Å². The van der Waals surface area contributed by atoms with Gasteiger partial charge in [-0.25, -0.2) is 8.78 Å². The lowest BCUT2D eigenvalue weighted by Crippen LogP contribution is -2.39. The summed E-state index contributed by atoms with van der Waals surface area (Å²) in [6.07, 6.45) is 3.49. The van der Waals surface area contributed by atoms with Crippen molar-refractivity contribution in [2.75, 3.05) is 13.1 Å². The van der Waals surface area contributed by atoms with E-state index in [9.17, 15) is 8.78 Å². The van der Waals surface area contributed by atoms with Gasteiger partial charge in [0.1, 0.15) is 17.5 Å². The van der Waals surface area contributed by atoms with Crippen LogP contribution in [0.3, 0.4) is 0 Å². The first-order chi connectivity index (χ1) is 13.6. The lowest BCUT2D eigenvalue weighted by molar-refractivity contribution is 0.550. The molecule has 0 amide bonds. The predicted molar refractivity (Wildman–Crippen MR) is 121 cm³/mol. The van der Waals surface area contributed by atoms with Gasteiger partial charge in [-0.2, -0.15) is 0 Å². The minimum absolute atomic E-state index is 0. The number of guanidine groups is 1. The molecular weight excluding hydrogens is 489 g/mol. The minimum atomic E-state index is -0.588. The van der Waals surface area contributed by atoms with E-state index in [0.29, 0.717) is 24.6 Å². The Morgan fingerprint density at radius 1 is 1.21 bits per heavy atom. The molecule has 2 N–H and O–H groups in total. The van der Waals surface area contributed by atoms with Crippen molar-refractivity contribution in [3.8, 4) is 0 Å². The number of hydrogen-bond donors (Lipinski definition) is 2. The maximum absolute atomic E-state index is 14.0. The second-order valence-corrected chi connectivity index (χ2v) is 6.44. The van der Waals surface area contributed by atoms with Gasteiger partial charge in [-0.15, -0.1) is 34.2 Å². The normalized spacial score (nSPS) is 12.5. The Hall–Kier alpha value is -2.30. The van der Waals surface area contributed by atoms with Crippen molar-refractivity contribution in [1.29, 1.82) is 0 Å². The number of halogens is 3. The Balaban J connectivity index is 0.00000300. The van der Waals surface area contributed by atoms with Crippen LogP contribution in [0.4, 0.5) is 8.78 Å². The topological polar surface area (TPSA) is 66.6 Å². The van der Waals surface area contributed by atoms with Crippen LogP contribution in [0.25, 0.3) is 5.65 Å². The van der Waals surface area contributed by atoms with Gasteiger partial charge >= 0.3 is 0 Å². The molecule has 1 aromatic carbocycles. The molecular formula is C20H25F2IN6. The lowest BCUT2D eigenvalue weighted by Gasteiger charge is -2.18. The van der Waals surface area contributed by atoms with Crippen LogP contribution in [-0.4, -0.2) is 33.6 Å². The van der Waals surface area contributed by atoms with E-state index in [1.165, 1.54) is 12.1 Å². The standard InChI is InChI=1S/C20H24F2N6.HI/c1-3-23-20(25-14(2)16-10-9-15(21)13-17(16)22)24-11-6-8-19-27-26-18-7-4-5-12-28(18)19;/h4-5,7,9-10,12-14H,3,6,8,11H2,1-2H3,(H2,23,24,25);1H. The molecule has 0 aliphatic heterocycles. The second-order valence-electron chi connectivity index (χ2n) is 6.44. The van der Waals surface area contributed by atoms with Gasteiger partial charge in [-0.3, -0.25) is 9.39 Å². The number of fused-ring (bicyclic) bond motifs is 1. The van der Waals surface area contributed by atoms with Crippen molar-refractivity contribution in [2.45, 2.75) is 32.7 Å². The van der Waals surface area contributed by atoms with Crippen LogP contribution in [0, 0.1) is 11.6 Å². The van der Waals surface area contributed by atoms with E-state index in [2.05, 4.69) is 25.8 Å². The molecule has 0 saturated carbocycles. The SMILES string of the molecule is CCNC(=NCCCc1nnc2ccccn12)NC(C)c1ccc(F)cc1F.I. The van der Waals surface area contributed by atoms with Gasteiger partial charge in [0.15, 0.2) is 11.6 Å². The lowest BCUT2D eigenvalue weighted by atomic mass is 10.1. The highest BCUT2D eigenvalue weighted by atomic mass is 127. The van der Waals surface area contributed by atoms with Gasteiger partial charge in [0.2, 0.25) is 0 Å². The maximum atomic E-state index is 14.0. The predicted octanol–water partition coefficient (Wildman–Crippen LogP) is 3.87. The van der Waals surface area contributed by atoms with Crippen LogP contribution in [0.5, 0.6) is 0 Å². The monoisotopic (exact) mass is 514 g/mol. The molecule has 1 atom stereocenters. The molecule has 29 heavy (non-hydrogen) atoms. The summed E-state index contributed by atoms with van der Waals surface area (Å²) in [6, 6.07) is 9.03. The van der Waals surface area contributed by atoms with E-state index in [1.807, 2.05) is 42.6 Å². The van der Waals surface area contributed by atoms with Crippen molar-refractivity contribution < 1.29 is 8.78 Å². The molecule has 0 aliphatic carbocycles. The van der Waals surface area contributed by atoms with Gasteiger partial charge in [-0.1, -0.05) is 12.1 Å². The molecule has 156 valence electrons. The molecule has 3 aromatic rings. The van der Waals surface area contributed by atoms with Crippen LogP contribution < -0.4 is 10.6 Å². The van der Waals surface area contributed by atoms with Crippen molar-refractivity contribution in [2.24, 2.45) is 4.99 Å². The smallest absolute Gasteiger partial charge is 0.191 e. The van der Waals surface area contributed by atoms with Gasteiger partial charge in [0.05, 0.1) is 6.04 Å². The molecule has 1 unspecified atom stereocenters. The maximum Gasteiger partial charge on any atom is 0.191 e. The molecule has 0 bridgehead atoms. The molecule has 2 aromatic heterocycles. The highest BCUT2D eigenvalue weighted by Crippen LogP contribution is 2.17. The number of aromatic nitrogens is 3. The van der Waals surface area contributed by atoms with Gasteiger partial charge in [-0.05, 0) is 38.5 Å². The average molecular weight is 514 g/mol. The number of nitrogens with one attached hydrogen (secondary N) is 2. The van der Waals surface area contributed by atoms with Crippen LogP contribution in [0.1, 0.15) is 37.7 Å². The fourth-order valence-corrected chi connectivity index (χ4v) is 2.94. The number of aryl methyl sites for hydroxylation is 1. The third-order valence-corrected chi connectivity index (χ3v) is 4.34. The van der Waals surface area contributed by atoms with Gasteiger partial charge in [0.25, 0.3) is 0 Å². The third kappa shape index (κ3) is 6.09. The molecule has 0 saturated heterocycles. The summed E-state index contributed by atoms with van der Waals surface area (Å²) < 4.78 is 29.0. The number of nitrogens with zero attached hydrogens (tertiary/aromatic N) is 4. The summed E-state index contributed by atoms with van der Waals surface area (Å²) in [5, 5.41) is 14.7. The van der Waals surface area contributed by atoms with Crippen molar-refractivity contribution >= 4 is 35.6 Å².